The smallest absolute Gasteiger partial charge is 0.224 e. The zero-order valence-corrected chi connectivity index (χ0v) is 12.7. The summed E-state index contributed by atoms with van der Waals surface area (Å²) >= 11 is 0. The van der Waals surface area contributed by atoms with Gasteiger partial charge in [-0.05, 0) is 12.6 Å². The predicted molar refractivity (Wildman–Crippen MR) is 82.7 cm³/mol. The van der Waals surface area contributed by atoms with Gasteiger partial charge in [0.1, 0.15) is 11.9 Å². The van der Waals surface area contributed by atoms with Crippen molar-refractivity contribution in [1.82, 2.24) is 20.2 Å². The highest BCUT2D eigenvalue weighted by atomic mass is 16.1. The number of nitrogens with zero attached hydrogens (tertiary/aromatic N) is 2. The first-order valence-corrected chi connectivity index (χ1v) is 7.10. The molecule has 2 rings (SSSR count). The zero-order valence-electron chi connectivity index (χ0n) is 12.7. The van der Waals surface area contributed by atoms with Gasteiger partial charge in [-0.25, -0.2) is 4.98 Å². The number of hydrogen-bond acceptors (Lipinski definition) is 3. The number of benzene rings is 1. The summed E-state index contributed by atoms with van der Waals surface area (Å²) in [5, 5.41) is 6.12. The van der Waals surface area contributed by atoms with Crippen LogP contribution in [-0.4, -0.2) is 29.1 Å². The highest BCUT2D eigenvalue weighted by Gasteiger charge is 2.22. The lowest BCUT2D eigenvalue weighted by Crippen LogP contribution is -2.38. The average molecular weight is 286 g/mol. The van der Waals surface area contributed by atoms with Crippen LogP contribution in [0.3, 0.4) is 0 Å². The molecule has 2 N–H and O–H groups in total. The summed E-state index contributed by atoms with van der Waals surface area (Å²) in [6, 6.07) is 9.66. The topological polar surface area (TPSA) is 59.0 Å². The summed E-state index contributed by atoms with van der Waals surface area (Å²) in [6.45, 7) is 2.56. The molecule has 2 unspecified atom stereocenters. The van der Waals surface area contributed by atoms with E-state index in [-0.39, 0.29) is 17.9 Å². The fourth-order valence-electron chi connectivity index (χ4n) is 2.28. The van der Waals surface area contributed by atoms with Crippen LogP contribution >= 0.6 is 0 Å². The number of nitrogens with one attached hydrogen (secondary N) is 2. The number of imidazole rings is 1. The molecule has 112 valence electrons. The molecule has 0 aliphatic heterocycles. The van der Waals surface area contributed by atoms with Gasteiger partial charge >= 0.3 is 0 Å². The molecular weight excluding hydrogens is 264 g/mol. The number of amides is 1. The van der Waals surface area contributed by atoms with E-state index in [2.05, 4.69) is 15.6 Å². The van der Waals surface area contributed by atoms with E-state index in [1.807, 2.05) is 62.1 Å². The number of hydrogen-bond donors (Lipinski definition) is 2. The van der Waals surface area contributed by atoms with Gasteiger partial charge in [0.2, 0.25) is 5.91 Å². The summed E-state index contributed by atoms with van der Waals surface area (Å²) in [7, 11) is 3.78. The lowest BCUT2D eigenvalue weighted by Gasteiger charge is -2.21. The van der Waals surface area contributed by atoms with Crippen LogP contribution in [0, 0.1) is 5.92 Å². The third-order valence-electron chi connectivity index (χ3n) is 3.49. The van der Waals surface area contributed by atoms with Crippen molar-refractivity contribution in [3.63, 3.8) is 0 Å². The Morgan fingerprint density at radius 2 is 2.05 bits per heavy atom. The zero-order chi connectivity index (χ0) is 15.2. The van der Waals surface area contributed by atoms with E-state index in [0.29, 0.717) is 6.54 Å². The Labute approximate surface area is 125 Å². The molecule has 0 bridgehead atoms. The molecule has 1 amide bonds. The Kier molecular flexibility index (Phi) is 5.11. The molecule has 2 aromatic rings. The quantitative estimate of drug-likeness (QED) is 0.845. The van der Waals surface area contributed by atoms with Crippen LogP contribution in [0.2, 0.25) is 0 Å². The summed E-state index contributed by atoms with van der Waals surface area (Å²) < 4.78 is 1.93. The van der Waals surface area contributed by atoms with E-state index in [1.165, 1.54) is 0 Å². The Morgan fingerprint density at radius 1 is 1.33 bits per heavy atom. The van der Waals surface area contributed by atoms with E-state index in [1.54, 1.807) is 6.20 Å². The number of rotatable bonds is 6. The van der Waals surface area contributed by atoms with Crippen LogP contribution in [0.25, 0.3) is 0 Å². The summed E-state index contributed by atoms with van der Waals surface area (Å²) in [6.07, 6.45) is 3.63. The molecule has 5 nitrogen and oxygen atoms in total. The van der Waals surface area contributed by atoms with Crippen molar-refractivity contribution in [2.24, 2.45) is 13.0 Å². The largest absolute Gasteiger partial charge is 0.342 e. The fraction of sp³-hybridized carbons (Fsp3) is 0.375. The molecular formula is C16H22N4O. The van der Waals surface area contributed by atoms with Crippen LogP contribution in [0.4, 0.5) is 0 Å². The standard InChI is InChI=1S/C16H22N4O/c1-12(11-17-2)16(21)19-14(13-7-5-4-6-8-13)15-18-9-10-20(15)3/h4-10,12,14,17H,11H2,1-3H3,(H,19,21). The Morgan fingerprint density at radius 3 is 2.62 bits per heavy atom. The molecule has 5 heteroatoms. The van der Waals surface area contributed by atoms with Crippen LogP contribution in [0.15, 0.2) is 42.7 Å². The maximum atomic E-state index is 12.3. The van der Waals surface area contributed by atoms with Gasteiger partial charge < -0.3 is 15.2 Å². The highest BCUT2D eigenvalue weighted by molar-refractivity contribution is 5.79. The predicted octanol–water partition coefficient (Wildman–Crippen LogP) is 1.48. The van der Waals surface area contributed by atoms with Crippen molar-refractivity contribution in [1.29, 1.82) is 0 Å². The molecule has 1 heterocycles. The van der Waals surface area contributed by atoms with Crippen LogP contribution in [0.5, 0.6) is 0 Å². The van der Waals surface area contributed by atoms with E-state index in [0.717, 1.165) is 11.4 Å². The van der Waals surface area contributed by atoms with Crippen molar-refractivity contribution in [2.75, 3.05) is 13.6 Å². The summed E-state index contributed by atoms with van der Waals surface area (Å²) in [5.74, 6) is 0.744. The number of carbonyl (C=O) groups excluding carboxylic acids is 1. The third-order valence-corrected chi connectivity index (χ3v) is 3.49. The van der Waals surface area contributed by atoms with Crippen molar-refractivity contribution in [2.45, 2.75) is 13.0 Å². The van der Waals surface area contributed by atoms with Crippen molar-refractivity contribution in [3.05, 3.63) is 54.1 Å². The minimum absolute atomic E-state index is 0.0150. The number of aryl methyl sites for hydroxylation is 1. The molecule has 0 saturated heterocycles. The van der Waals surface area contributed by atoms with Gasteiger partial charge in [-0.1, -0.05) is 37.3 Å². The molecule has 2 atom stereocenters. The second-order valence-electron chi connectivity index (χ2n) is 5.21. The summed E-state index contributed by atoms with van der Waals surface area (Å²) in [5.41, 5.74) is 1.02. The van der Waals surface area contributed by atoms with Crippen molar-refractivity contribution < 1.29 is 4.79 Å². The first-order valence-electron chi connectivity index (χ1n) is 7.10. The lowest BCUT2D eigenvalue weighted by atomic mass is 10.0. The van der Waals surface area contributed by atoms with E-state index >= 15 is 0 Å². The molecule has 1 aromatic carbocycles. The molecule has 0 saturated carbocycles. The first-order chi connectivity index (χ1) is 10.1. The van der Waals surface area contributed by atoms with E-state index in [9.17, 15) is 4.79 Å². The fourth-order valence-corrected chi connectivity index (χ4v) is 2.28. The Hall–Kier alpha value is -2.14. The van der Waals surface area contributed by atoms with Crippen LogP contribution in [0.1, 0.15) is 24.4 Å². The monoisotopic (exact) mass is 286 g/mol. The minimum atomic E-state index is -0.238. The van der Waals surface area contributed by atoms with Gasteiger partial charge in [0.25, 0.3) is 0 Å². The molecule has 0 radical (unpaired) electrons. The normalized spacial score (nSPS) is 13.7. The average Bonchev–Trinajstić information content (AvgIpc) is 2.91. The highest BCUT2D eigenvalue weighted by Crippen LogP contribution is 2.20. The number of aromatic nitrogens is 2. The third kappa shape index (κ3) is 3.70. The van der Waals surface area contributed by atoms with Gasteiger partial charge in [0.05, 0.1) is 0 Å². The van der Waals surface area contributed by atoms with Gasteiger partial charge in [0, 0.05) is 31.9 Å². The number of carbonyl (C=O) groups is 1. The molecule has 0 fully saturated rings. The maximum Gasteiger partial charge on any atom is 0.224 e. The second-order valence-corrected chi connectivity index (χ2v) is 5.21. The van der Waals surface area contributed by atoms with E-state index < -0.39 is 0 Å². The minimum Gasteiger partial charge on any atom is -0.342 e. The maximum absolute atomic E-state index is 12.3. The molecule has 1 aromatic heterocycles. The lowest BCUT2D eigenvalue weighted by molar-refractivity contribution is -0.124. The molecule has 0 aliphatic rings. The molecule has 21 heavy (non-hydrogen) atoms. The van der Waals surface area contributed by atoms with Crippen molar-refractivity contribution in [3.8, 4) is 0 Å². The summed E-state index contributed by atoms with van der Waals surface area (Å²) in [4.78, 5) is 16.7. The molecule has 0 aliphatic carbocycles. The Bertz CT molecular complexity index is 579. The Balaban J connectivity index is 2.26. The van der Waals surface area contributed by atoms with Crippen molar-refractivity contribution >= 4 is 5.91 Å². The van der Waals surface area contributed by atoms with Crippen LogP contribution in [-0.2, 0) is 11.8 Å². The van der Waals surface area contributed by atoms with E-state index in [4.69, 9.17) is 0 Å². The van der Waals surface area contributed by atoms with Gasteiger partial charge in [0.15, 0.2) is 0 Å². The second kappa shape index (κ2) is 7.04. The van der Waals surface area contributed by atoms with Gasteiger partial charge in [-0.15, -0.1) is 0 Å². The molecule has 0 spiro atoms. The SMILES string of the molecule is CNCC(C)C(=O)NC(c1ccccc1)c1nccn1C. The first kappa shape index (κ1) is 15.3. The van der Waals surface area contributed by atoms with Crippen LogP contribution < -0.4 is 10.6 Å². The van der Waals surface area contributed by atoms with Gasteiger partial charge in [-0.3, -0.25) is 4.79 Å². The van der Waals surface area contributed by atoms with Gasteiger partial charge in [-0.2, -0.15) is 0 Å².